The first kappa shape index (κ1) is 9.19. The number of nitrogens with one attached hydrogen (secondary N) is 1. The first-order chi connectivity index (χ1) is 6.59. The molecule has 74 valence electrons. The van der Waals surface area contributed by atoms with Crippen molar-refractivity contribution >= 4 is 11.4 Å². The van der Waals surface area contributed by atoms with Gasteiger partial charge in [-0.2, -0.15) is 0 Å². The molecule has 0 aliphatic heterocycles. The fourth-order valence-corrected chi connectivity index (χ4v) is 1.80. The number of rotatable bonds is 1. The fraction of sp³-hybridized carbons (Fsp3) is 0.455. The lowest BCUT2D eigenvalue weighted by molar-refractivity contribution is -0.115. The molecule has 1 N–H and O–H groups in total. The molecule has 0 radical (unpaired) electrons. The summed E-state index contributed by atoms with van der Waals surface area (Å²) in [5, 5.41) is 0. The third-order valence-electron chi connectivity index (χ3n) is 2.78. The van der Waals surface area contributed by atoms with Gasteiger partial charge in [0, 0.05) is 24.4 Å². The van der Waals surface area contributed by atoms with Gasteiger partial charge in [-0.15, -0.1) is 0 Å². The second-order valence-electron chi connectivity index (χ2n) is 4.35. The molecule has 1 heterocycles. The molecule has 0 fully saturated rings. The summed E-state index contributed by atoms with van der Waals surface area (Å²) in [7, 11) is 0. The van der Waals surface area contributed by atoms with E-state index < -0.39 is 0 Å². The van der Waals surface area contributed by atoms with E-state index in [1.54, 1.807) is 18.5 Å². The maximum Gasteiger partial charge on any atom is 0.156 e. The number of nitrogens with zero attached hydrogens (tertiary/aromatic N) is 1. The van der Waals surface area contributed by atoms with Gasteiger partial charge in [0.2, 0.25) is 0 Å². The van der Waals surface area contributed by atoms with Crippen molar-refractivity contribution in [2.75, 3.05) is 0 Å². The van der Waals surface area contributed by atoms with Crippen molar-refractivity contribution in [1.82, 2.24) is 9.97 Å². The largest absolute Gasteiger partial charge is 0.345 e. The molecular formula is C11H14N2O. The predicted octanol–water partition coefficient (Wildman–Crippen LogP) is 2.18. The summed E-state index contributed by atoms with van der Waals surface area (Å²) in [5.74, 6) is 1.03. The van der Waals surface area contributed by atoms with Crippen LogP contribution in [0.4, 0.5) is 0 Å². The lowest BCUT2D eigenvalue weighted by atomic mass is 9.75. The summed E-state index contributed by atoms with van der Waals surface area (Å²) in [6.45, 7) is 4.29. The minimum Gasteiger partial charge on any atom is -0.345 e. The minimum absolute atomic E-state index is 0.0474. The van der Waals surface area contributed by atoms with Gasteiger partial charge >= 0.3 is 0 Å². The number of carbonyl (C=O) groups excluding carboxylic acids is 1. The third kappa shape index (κ3) is 1.50. The second-order valence-corrected chi connectivity index (χ2v) is 4.35. The second kappa shape index (κ2) is 3.08. The number of allylic oxidation sites excluding steroid dienone is 2. The van der Waals surface area contributed by atoms with Crippen molar-refractivity contribution < 1.29 is 4.79 Å². The molecule has 0 bridgehead atoms. The highest BCUT2D eigenvalue weighted by Gasteiger charge is 2.30. The molecule has 1 aromatic rings. The maximum absolute atomic E-state index is 11.3. The summed E-state index contributed by atoms with van der Waals surface area (Å²) in [6.07, 6.45) is 6.77. The van der Waals surface area contributed by atoms with Crippen LogP contribution < -0.4 is 0 Å². The molecular weight excluding hydrogens is 176 g/mol. The highest BCUT2D eigenvalue weighted by molar-refractivity contribution is 5.98. The standard InChI is InChI=1S/C11H14N2O/c1-11(2)4-3-8(14)7-9(11)10-12-5-6-13-10/h5-7H,3-4H2,1-2H3,(H,12,13). The Bertz CT molecular complexity index is 374. The molecule has 0 amide bonds. The van der Waals surface area contributed by atoms with Gasteiger partial charge in [0.25, 0.3) is 0 Å². The first-order valence-electron chi connectivity index (χ1n) is 4.84. The van der Waals surface area contributed by atoms with E-state index in [9.17, 15) is 4.79 Å². The van der Waals surface area contributed by atoms with Gasteiger partial charge in [-0.25, -0.2) is 4.98 Å². The molecule has 0 unspecified atom stereocenters. The molecule has 1 aliphatic rings. The van der Waals surface area contributed by atoms with E-state index in [-0.39, 0.29) is 11.2 Å². The molecule has 1 aliphatic carbocycles. The predicted molar refractivity (Wildman–Crippen MR) is 54.6 cm³/mol. The average molecular weight is 190 g/mol. The topological polar surface area (TPSA) is 45.8 Å². The summed E-state index contributed by atoms with van der Waals surface area (Å²) >= 11 is 0. The molecule has 0 saturated carbocycles. The Morgan fingerprint density at radius 2 is 2.29 bits per heavy atom. The Balaban J connectivity index is 2.45. The minimum atomic E-state index is 0.0474. The number of hydrogen-bond donors (Lipinski definition) is 1. The fourth-order valence-electron chi connectivity index (χ4n) is 1.80. The van der Waals surface area contributed by atoms with Crippen molar-refractivity contribution in [3.05, 3.63) is 24.3 Å². The Morgan fingerprint density at radius 3 is 2.93 bits per heavy atom. The van der Waals surface area contributed by atoms with Crippen LogP contribution in [0.15, 0.2) is 18.5 Å². The van der Waals surface area contributed by atoms with Crippen LogP contribution in [0.3, 0.4) is 0 Å². The Labute approximate surface area is 83.2 Å². The van der Waals surface area contributed by atoms with E-state index in [4.69, 9.17) is 0 Å². The average Bonchev–Trinajstić information content (AvgIpc) is 2.62. The highest BCUT2D eigenvalue weighted by Crippen LogP contribution is 2.40. The monoisotopic (exact) mass is 190 g/mol. The molecule has 2 rings (SSSR count). The van der Waals surface area contributed by atoms with Crippen LogP contribution >= 0.6 is 0 Å². The lowest BCUT2D eigenvalue weighted by Crippen LogP contribution is -2.21. The van der Waals surface area contributed by atoms with Gasteiger partial charge in [-0.3, -0.25) is 4.79 Å². The van der Waals surface area contributed by atoms with Gasteiger partial charge in [-0.05, 0) is 17.9 Å². The Kier molecular flexibility index (Phi) is 2.02. The first-order valence-corrected chi connectivity index (χ1v) is 4.84. The third-order valence-corrected chi connectivity index (χ3v) is 2.78. The molecule has 3 nitrogen and oxygen atoms in total. The SMILES string of the molecule is CC1(C)CCC(=O)C=C1c1ncc[nH]1. The zero-order valence-electron chi connectivity index (χ0n) is 8.50. The number of H-pyrrole nitrogens is 1. The number of hydrogen-bond acceptors (Lipinski definition) is 2. The van der Waals surface area contributed by atoms with Gasteiger partial charge in [0.05, 0.1) is 0 Å². The van der Waals surface area contributed by atoms with Gasteiger partial charge in [0.15, 0.2) is 5.78 Å². The molecule has 1 aromatic heterocycles. The van der Waals surface area contributed by atoms with E-state index in [1.807, 2.05) is 0 Å². The van der Waals surface area contributed by atoms with E-state index >= 15 is 0 Å². The van der Waals surface area contributed by atoms with Crippen LogP contribution in [0.5, 0.6) is 0 Å². The smallest absolute Gasteiger partial charge is 0.156 e. The van der Waals surface area contributed by atoms with E-state index in [0.29, 0.717) is 6.42 Å². The van der Waals surface area contributed by atoms with Crippen LogP contribution in [-0.2, 0) is 4.79 Å². The van der Waals surface area contributed by atoms with Crippen LogP contribution in [0.1, 0.15) is 32.5 Å². The summed E-state index contributed by atoms with van der Waals surface area (Å²) in [6, 6.07) is 0. The van der Waals surface area contributed by atoms with Crippen LogP contribution in [-0.4, -0.2) is 15.8 Å². The number of imidazole rings is 1. The van der Waals surface area contributed by atoms with Crippen molar-refractivity contribution in [2.45, 2.75) is 26.7 Å². The van der Waals surface area contributed by atoms with Gasteiger partial charge in [-0.1, -0.05) is 13.8 Å². The zero-order valence-corrected chi connectivity index (χ0v) is 8.50. The zero-order chi connectivity index (χ0) is 10.2. The number of ketones is 1. The summed E-state index contributed by atoms with van der Waals surface area (Å²) < 4.78 is 0. The van der Waals surface area contributed by atoms with Gasteiger partial charge in [0.1, 0.15) is 5.82 Å². The molecule has 0 spiro atoms. The summed E-state index contributed by atoms with van der Waals surface area (Å²) in [5.41, 5.74) is 1.07. The van der Waals surface area contributed by atoms with Crippen molar-refractivity contribution in [1.29, 1.82) is 0 Å². The Morgan fingerprint density at radius 1 is 1.50 bits per heavy atom. The van der Waals surface area contributed by atoms with Crippen LogP contribution in [0.25, 0.3) is 5.57 Å². The molecule has 14 heavy (non-hydrogen) atoms. The molecule has 0 saturated heterocycles. The van der Waals surface area contributed by atoms with Crippen molar-refractivity contribution in [2.24, 2.45) is 5.41 Å². The molecule has 3 heteroatoms. The maximum atomic E-state index is 11.3. The van der Waals surface area contributed by atoms with Gasteiger partial charge < -0.3 is 4.98 Å². The number of aromatic nitrogens is 2. The number of aromatic amines is 1. The molecule has 0 atom stereocenters. The lowest BCUT2D eigenvalue weighted by Gasteiger charge is -2.29. The van der Waals surface area contributed by atoms with E-state index in [2.05, 4.69) is 23.8 Å². The summed E-state index contributed by atoms with van der Waals surface area (Å²) in [4.78, 5) is 18.6. The highest BCUT2D eigenvalue weighted by atomic mass is 16.1. The van der Waals surface area contributed by atoms with E-state index in [0.717, 1.165) is 17.8 Å². The quantitative estimate of drug-likeness (QED) is 0.737. The van der Waals surface area contributed by atoms with Crippen LogP contribution in [0, 0.1) is 5.41 Å². The van der Waals surface area contributed by atoms with Crippen molar-refractivity contribution in [3.63, 3.8) is 0 Å². The number of carbonyl (C=O) groups is 1. The van der Waals surface area contributed by atoms with E-state index in [1.165, 1.54) is 0 Å². The van der Waals surface area contributed by atoms with Crippen molar-refractivity contribution in [3.8, 4) is 0 Å². The normalized spacial score (nSPS) is 20.7. The Hall–Kier alpha value is -1.38. The van der Waals surface area contributed by atoms with Crippen LogP contribution in [0.2, 0.25) is 0 Å². The molecule has 0 aromatic carbocycles.